The van der Waals surface area contributed by atoms with E-state index in [0.717, 1.165) is 12.8 Å². The van der Waals surface area contributed by atoms with Crippen molar-refractivity contribution < 1.29 is 9.84 Å². The lowest BCUT2D eigenvalue weighted by Gasteiger charge is -2.45. The molecule has 0 bridgehead atoms. The molecule has 0 radical (unpaired) electrons. The first-order valence-corrected chi connectivity index (χ1v) is 10.6. The molecule has 1 N–H and O–H groups in total. The van der Waals surface area contributed by atoms with Gasteiger partial charge >= 0.3 is 0 Å². The van der Waals surface area contributed by atoms with Gasteiger partial charge in [-0.25, -0.2) is 0 Å². The predicted octanol–water partition coefficient (Wildman–Crippen LogP) is 6.35. The summed E-state index contributed by atoms with van der Waals surface area (Å²) in [4.78, 5) is 0. The highest BCUT2D eigenvalue weighted by atomic mass is 16.5. The maximum atomic E-state index is 10.9. The van der Waals surface area contributed by atoms with Crippen LogP contribution in [0.3, 0.4) is 0 Å². The summed E-state index contributed by atoms with van der Waals surface area (Å²) in [5.74, 6) is 1.50. The Morgan fingerprint density at radius 2 is 1.62 bits per heavy atom. The van der Waals surface area contributed by atoms with E-state index in [9.17, 15) is 5.11 Å². The van der Waals surface area contributed by atoms with Gasteiger partial charge in [0.2, 0.25) is 0 Å². The second-order valence-electron chi connectivity index (χ2n) is 9.22. The van der Waals surface area contributed by atoms with Gasteiger partial charge in [0, 0.05) is 5.92 Å². The lowest BCUT2D eigenvalue weighted by molar-refractivity contribution is -0.150. The molecular weight excluding hydrogens is 296 g/mol. The maximum Gasteiger partial charge on any atom is 0.0640 e. The molecule has 2 nitrogen and oxygen atoms in total. The molecule has 0 heterocycles. The van der Waals surface area contributed by atoms with E-state index < -0.39 is 0 Å². The Morgan fingerprint density at radius 3 is 2.21 bits per heavy atom. The zero-order valence-corrected chi connectivity index (χ0v) is 17.3. The second-order valence-corrected chi connectivity index (χ2v) is 9.22. The summed E-state index contributed by atoms with van der Waals surface area (Å²) in [5.41, 5.74) is -0.128. The van der Waals surface area contributed by atoms with Crippen LogP contribution in [0.4, 0.5) is 0 Å². The van der Waals surface area contributed by atoms with Gasteiger partial charge in [-0.3, -0.25) is 0 Å². The molecule has 0 spiro atoms. The molecule has 0 aromatic heterocycles. The van der Waals surface area contributed by atoms with Crippen molar-refractivity contribution in [2.45, 2.75) is 124 Å². The van der Waals surface area contributed by atoms with Crippen LogP contribution < -0.4 is 0 Å². The zero-order chi connectivity index (χ0) is 18.2. The summed E-state index contributed by atoms with van der Waals surface area (Å²) < 4.78 is 6.47. The summed E-state index contributed by atoms with van der Waals surface area (Å²) in [6, 6.07) is 0. The zero-order valence-electron chi connectivity index (χ0n) is 17.3. The monoisotopic (exact) mass is 340 g/mol. The normalized spacial score (nSPS) is 29.6. The van der Waals surface area contributed by atoms with E-state index in [2.05, 4.69) is 41.5 Å². The van der Waals surface area contributed by atoms with Crippen LogP contribution in [0.1, 0.15) is 106 Å². The van der Waals surface area contributed by atoms with Crippen molar-refractivity contribution in [2.75, 3.05) is 0 Å². The minimum absolute atomic E-state index is 0.128. The first-order chi connectivity index (χ1) is 11.3. The molecule has 5 unspecified atom stereocenters. The number of aliphatic hydroxyl groups excluding tert-OH is 1. The van der Waals surface area contributed by atoms with Gasteiger partial charge in [-0.15, -0.1) is 0 Å². The fraction of sp³-hybridized carbons (Fsp3) is 1.00. The highest BCUT2D eigenvalue weighted by Gasteiger charge is 2.41. The van der Waals surface area contributed by atoms with Crippen LogP contribution in [0.15, 0.2) is 0 Å². The van der Waals surface area contributed by atoms with E-state index in [1.807, 2.05) is 0 Å². The average Bonchev–Trinajstić information content (AvgIpc) is 2.45. The number of hydrogen-bond acceptors (Lipinski definition) is 2. The van der Waals surface area contributed by atoms with Crippen molar-refractivity contribution >= 4 is 0 Å². The molecular formula is C22H44O2. The molecule has 24 heavy (non-hydrogen) atoms. The standard InChI is InChI=1S/C22H44O2/c1-7-9-11-13-17(3)21-19(23)15-18(14-12-10-8-2)16-20(21)24-22(4,5)6/h17-21,23H,7-16H2,1-6H3. The fourth-order valence-corrected chi connectivity index (χ4v) is 4.48. The molecule has 5 atom stereocenters. The van der Waals surface area contributed by atoms with Crippen LogP contribution in [0.2, 0.25) is 0 Å². The molecule has 1 fully saturated rings. The second kappa shape index (κ2) is 10.8. The summed E-state index contributed by atoms with van der Waals surface area (Å²) >= 11 is 0. The summed E-state index contributed by atoms with van der Waals surface area (Å²) in [6.45, 7) is 13.3. The van der Waals surface area contributed by atoms with E-state index in [-0.39, 0.29) is 17.8 Å². The van der Waals surface area contributed by atoms with Gasteiger partial charge in [-0.1, -0.05) is 72.1 Å². The van der Waals surface area contributed by atoms with Crippen LogP contribution in [0.25, 0.3) is 0 Å². The molecule has 0 aromatic rings. The smallest absolute Gasteiger partial charge is 0.0640 e. The van der Waals surface area contributed by atoms with Gasteiger partial charge in [0.25, 0.3) is 0 Å². The van der Waals surface area contributed by atoms with Crippen molar-refractivity contribution in [3.8, 4) is 0 Å². The molecule has 0 amide bonds. The summed E-state index contributed by atoms with van der Waals surface area (Å²) in [7, 11) is 0. The lowest BCUT2D eigenvalue weighted by Crippen LogP contribution is -2.47. The van der Waals surface area contributed by atoms with Crippen molar-refractivity contribution in [1.29, 1.82) is 0 Å². The minimum atomic E-state index is -0.186. The van der Waals surface area contributed by atoms with Gasteiger partial charge in [0.1, 0.15) is 0 Å². The highest BCUT2D eigenvalue weighted by Crippen LogP contribution is 2.40. The number of aliphatic hydroxyl groups is 1. The van der Waals surface area contributed by atoms with E-state index in [0.29, 0.717) is 17.8 Å². The van der Waals surface area contributed by atoms with E-state index in [1.165, 1.54) is 51.4 Å². The van der Waals surface area contributed by atoms with Crippen LogP contribution in [-0.4, -0.2) is 22.9 Å². The SMILES string of the molecule is CCCCCC1CC(O)C(C(C)CCCCC)C(OC(C)(C)C)C1. The first kappa shape index (κ1) is 22.0. The first-order valence-electron chi connectivity index (χ1n) is 10.6. The lowest BCUT2D eigenvalue weighted by atomic mass is 9.70. The Labute approximate surface area is 151 Å². The predicted molar refractivity (Wildman–Crippen MR) is 104 cm³/mol. The van der Waals surface area contributed by atoms with Crippen molar-refractivity contribution in [3.05, 3.63) is 0 Å². The Morgan fingerprint density at radius 1 is 1.00 bits per heavy atom. The third-order valence-electron chi connectivity index (χ3n) is 5.66. The van der Waals surface area contributed by atoms with Crippen LogP contribution in [0, 0.1) is 17.8 Å². The van der Waals surface area contributed by atoms with Crippen LogP contribution in [-0.2, 0) is 4.74 Å². The van der Waals surface area contributed by atoms with Crippen molar-refractivity contribution in [3.63, 3.8) is 0 Å². The minimum Gasteiger partial charge on any atom is -0.393 e. The van der Waals surface area contributed by atoms with E-state index in [1.54, 1.807) is 0 Å². The van der Waals surface area contributed by atoms with Gasteiger partial charge in [-0.05, 0) is 45.4 Å². The maximum absolute atomic E-state index is 10.9. The largest absolute Gasteiger partial charge is 0.393 e. The summed E-state index contributed by atoms with van der Waals surface area (Å²) in [5, 5.41) is 10.9. The Bertz CT molecular complexity index is 320. The number of hydrogen-bond donors (Lipinski definition) is 1. The molecule has 1 saturated carbocycles. The number of rotatable bonds is 10. The molecule has 0 aliphatic heterocycles. The van der Waals surface area contributed by atoms with E-state index >= 15 is 0 Å². The quantitative estimate of drug-likeness (QED) is 0.469. The van der Waals surface area contributed by atoms with E-state index in [4.69, 9.17) is 4.74 Å². The van der Waals surface area contributed by atoms with Gasteiger partial charge in [-0.2, -0.15) is 0 Å². The Kier molecular flexibility index (Phi) is 9.89. The topological polar surface area (TPSA) is 29.5 Å². The molecule has 144 valence electrons. The van der Waals surface area contributed by atoms with Crippen molar-refractivity contribution in [2.24, 2.45) is 17.8 Å². The van der Waals surface area contributed by atoms with Crippen LogP contribution in [0.5, 0.6) is 0 Å². The average molecular weight is 341 g/mol. The fourth-order valence-electron chi connectivity index (χ4n) is 4.48. The molecule has 1 aliphatic carbocycles. The Balaban J connectivity index is 2.71. The third kappa shape index (κ3) is 7.87. The van der Waals surface area contributed by atoms with Crippen molar-refractivity contribution in [1.82, 2.24) is 0 Å². The molecule has 2 heteroatoms. The third-order valence-corrected chi connectivity index (χ3v) is 5.66. The van der Waals surface area contributed by atoms with Gasteiger partial charge in [0.05, 0.1) is 17.8 Å². The molecule has 1 rings (SSSR count). The van der Waals surface area contributed by atoms with Gasteiger partial charge in [0.15, 0.2) is 0 Å². The molecule has 0 saturated heterocycles. The molecule has 1 aliphatic rings. The Hall–Kier alpha value is -0.0800. The number of unbranched alkanes of at least 4 members (excludes halogenated alkanes) is 4. The number of ether oxygens (including phenoxy) is 1. The summed E-state index contributed by atoms with van der Waals surface area (Å²) in [6.07, 6.45) is 12.4. The highest BCUT2D eigenvalue weighted by molar-refractivity contribution is 4.91. The van der Waals surface area contributed by atoms with Crippen LogP contribution >= 0.6 is 0 Å². The molecule has 0 aromatic carbocycles. The van der Waals surface area contributed by atoms with Gasteiger partial charge < -0.3 is 9.84 Å².